The summed E-state index contributed by atoms with van der Waals surface area (Å²) in [5.74, 6) is -2.23. The Balaban J connectivity index is 0. The van der Waals surface area contributed by atoms with Gasteiger partial charge in [0.25, 0.3) is 0 Å². The lowest BCUT2D eigenvalue weighted by Gasteiger charge is -1.94. The summed E-state index contributed by atoms with van der Waals surface area (Å²) >= 11 is 0. The second-order valence-electron chi connectivity index (χ2n) is 1.92. The molecular weight excluding hydrogens is 216 g/mol. The molecular formula is C6H8O9. The Hall–Kier alpha value is -2.32. The van der Waals surface area contributed by atoms with E-state index in [1.807, 2.05) is 0 Å². The van der Waals surface area contributed by atoms with Gasteiger partial charge in [0.05, 0.1) is 12.8 Å². The monoisotopic (exact) mass is 224 g/mol. The van der Waals surface area contributed by atoms with Crippen molar-refractivity contribution < 1.29 is 44.3 Å². The first-order valence-electron chi connectivity index (χ1n) is 3.33. The quantitative estimate of drug-likeness (QED) is 0.390. The van der Waals surface area contributed by atoms with E-state index >= 15 is 0 Å². The molecule has 0 heterocycles. The zero-order chi connectivity index (χ0) is 12.4. The number of carboxylic acid groups (broad SMARTS) is 4. The van der Waals surface area contributed by atoms with Gasteiger partial charge in [-0.3, -0.25) is 9.59 Å². The summed E-state index contributed by atoms with van der Waals surface area (Å²) in [6.07, 6.45) is -4.41. The van der Waals surface area contributed by atoms with E-state index in [1.54, 1.807) is 0 Å². The van der Waals surface area contributed by atoms with E-state index in [4.69, 9.17) is 25.2 Å². The molecule has 4 N–H and O–H groups in total. The van der Waals surface area contributed by atoms with Crippen molar-refractivity contribution in [2.75, 3.05) is 0 Å². The lowest BCUT2D eigenvalue weighted by atomic mass is 10.3. The topological polar surface area (TPSA) is 158 Å². The van der Waals surface area contributed by atoms with Gasteiger partial charge in [0.15, 0.2) is 0 Å². The molecule has 0 spiro atoms. The van der Waals surface area contributed by atoms with Gasteiger partial charge in [0.1, 0.15) is 0 Å². The molecule has 0 aliphatic carbocycles. The smallest absolute Gasteiger partial charge is 0.481 e. The predicted octanol–water partition coefficient (Wildman–Crippen LogP) is 0.295. The van der Waals surface area contributed by atoms with Crippen molar-refractivity contribution in [3.63, 3.8) is 0 Å². The number of hydrogen-bond donors (Lipinski definition) is 4. The summed E-state index contributed by atoms with van der Waals surface area (Å²) in [6.45, 7) is 0. The normalized spacial score (nSPS) is 8.00. The Morgan fingerprint density at radius 3 is 1.53 bits per heavy atom. The summed E-state index contributed by atoms with van der Waals surface area (Å²) in [5, 5.41) is 29.8. The van der Waals surface area contributed by atoms with Gasteiger partial charge in [-0.05, 0) is 0 Å². The maximum Gasteiger partial charge on any atom is 0.513 e. The highest BCUT2D eigenvalue weighted by Gasteiger charge is 2.09. The van der Waals surface area contributed by atoms with Crippen LogP contribution in [0.4, 0.5) is 9.59 Å². The molecule has 0 aromatic carbocycles. The molecule has 9 nitrogen and oxygen atoms in total. The van der Waals surface area contributed by atoms with Crippen molar-refractivity contribution in [2.24, 2.45) is 0 Å². The van der Waals surface area contributed by atoms with Gasteiger partial charge in [-0.15, -0.1) is 0 Å². The first-order chi connectivity index (χ1) is 6.75. The number of aliphatic carboxylic acids is 1. The molecule has 9 heteroatoms. The molecule has 0 aromatic heterocycles. The van der Waals surface area contributed by atoms with E-state index in [0.29, 0.717) is 0 Å². The van der Waals surface area contributed by atoms with Crippen LogP contribution in [0.25, 0.3) is 0 Å². The SMILES string of the molecule is O=C(O)CCC(=O)OC(=O)O.O=C(O)O. The predicted molar refractivity (Wildman–Crippen MR) is 41.6 cm³/mol. The van der Waals surface area contributed by atoms with Crippen molar-refractivity contribution >= 4 is 24.2 Å². The van der Waals surface area contributed by atoms with Crippen LogP contribution in [0.5, 0.6) is 0 Å². The van der Waals surface area contributed by atoms with Gasteiger partial charge in [-0.1, -0.05) is 0 Å². The molecule has 0 aromatic rings. The van der Waals surface area contributed by atoms with Crippen LogP contribution in [0.3, 0.4) is 0 Å². The lowest BCUT2D eigenvalue weighted by molar-refractivity contribution is -0.144. The van der Waals surface area contributed by atoms with Crippen LogP contribution >= 0.6 is 0 Å². The van der Waals surface area contributed by atoms with Crippen LogP contribution in [0.1, 0.15) is 12.8 Å². The van der Waals surface area contributed by atoms with E-state index in [9.17, 15) is 14.4 Å². The van der Waals surface area contributed by atoms with Crippen LogP contribution in [-0.2, 0) is 14.3 Å². The minimum absolute atomic E-state index is 0.424. The Morgan fingerprint density at radius 2 is 1.27 bits per heavy atom. The zero-order valence-corrected chi connectivity index (χ0v) is 7.24. The third-order valence-electron chi connectivity index (χ3n) is 0.744. The highest BCUT2D eigenvalue weighted by molar-refractivity contribution is 5.83. The highest BCUT2D eigenvalue weighted by atomic mass is 16.7. The Labute approximate surface area is 82.5 Å². The average molecular weight is 224 g/mol. The van der Waals surface area contributed by atoms with Crippen LogP contribution in [0.15, 0.2) is 0 Å². The van der Waals surface area contributed by atoms with Crippen molar-refractivity contribution in [1.82, 2.24) is 0 Å². The summed E-state index contributed by atoms with van der Waals surface area (Å²) in [5.41, 5.74) is 0. The molecule has 0 unspecified atom stereocenters. The lowest BCUT2D eigenvalue weighted by Crippen LogP contribution is -2.11. The van der Waals surface area contributed by atoms with Crippen LogP contribution in [0.2, 0.25) is 0 Å². The van der Waals surface area contributed by atoms with Gasteiger partial charge in [-0.2, -0.15) is 0 Å². The number of carbonyl (C=O) groups is 4. The van der Waals surface area contributed by atoms with Crippen LogP contribution in [-0.4, -0.2) is 44.7 Å². The number of carboxylic acids is 1. The molecule has 0 rings (SSSR count). The minimum atomic E-state index is -1.83. The number of esters is 1. The number of carbonyl (C=O) groups excluding carboxylic acids is 1. The Bertz CT molecular complexity index is 251. The fourth-order valence-electron chi connectivity index (χ4n) is 0.357. The largest absolute Gasteiger partial charge is 0.513 e. The van der Waals surface area contributed by atoms with Gasteiger partial charge in [0, 0.05) is 0 Å². The van der Waals surface area contributed by atoms with Crippen molar-refractivity contribution in [1.29, 1.82) is 0 Å². The van der Waals surface area contributed by atoms with E-state index in [0.717, 1.165) is 0 Å². The third kappa shape index (κ3) is 24.5. The van der Waals surface area contributed by atoms with Crippen molar-refractivity contribution in [2.45, 2.75) is 12.8 Å². The van der Waals surface area contributed by atoms with Crippen molar-refractivity contribution in [3.05, 3.63) is 0 Å². The minimum Gasteiger partial charge on any atom is -0.481 e. The molecule has 0 aliphatic heterocycles. The summed E-state index contributed by atoms with van der Waals surface area (Å²) < 4.78 is 3.62. The maximum absolute atomic E-state index is 10.3. The maximum atomic E-state index is 10.3. The average Bonchev–Trinajstić information content (AvgIpc) is 1.98. The first-order valence-corrected chi connectivity index (χ1v) is 3.33. The molecule has 86 valence electrons. The molecule has 0 fully saturated rings. The van der Waals surface area contributed by atoms with E-state index in [1.165, 1.54) is 0 Å². The van der Waals surface area contributed by atoms with Gasteiger partial charge in [0.2, 0.25) is 0 Å². The molecule has 15 heavy (non-hydrogen) atoms. The Kier molecular flexibility index (Phi) is 8.38. The molecule has 0 atom stereocenters. The van der Waals surface area contributed by atoms with E-state index in [2.05, 4.69) is 4.74 Å². The summed E-state index contributed by atoms with van der Waals surface area (Å²) in [6, 6.07) is 0. The van der Waals surface area contributed by atoms with E-state index < -0.39 is 37.1 Å². The molecule has 0 bridgehead atoms. The second-order valence-corrected chi connectivity index (χ2v) is 1.92. The fraction of sp³-hybridized carbons (Fsp3) is 0.333. The number of ether oxygens (including phenoxy) is 1. The van der Waals surface area contributed by atoms with Gasteiger partial charge >= 0.3 is 24.2 Å². The standard InChI is InChI=1S/C5H6O6.CH2O3/c6-3(7)1-2-4(8)11-5(9)10;2-1(3)4/h1-2H2,(H,6,7)(H,9,10);(H2,2,3,4). The zero-order valence-electron chi connectivity index (χ0n) is 7.24. The summed E-state index contributed by atoms with van der Waals surface area (Å²) in [7, 11) is 0. The Morgan fingerprint density at radius 1 is 0.867 bits per heavy atom. The number of hydrogen-bond acceptors (Lipinski definition) is 5. The molecule has 0 saturated carbocycles. The van der Waals surface area contributed by atoms with Crippen molar-refractivity contribution in [3.8, 4) is 0 Å². The molecule has 0 radical (unpaired) electrons. The third-order valence-corrected chi connectivity index (χ3v) is 0.744. The molecule has 0 saturated heterocycles. The van der Waals surface area contributed by atoms with Crippen LogP contribution in [0, 0.1) is 0 Å². The second kappa shape index (κ2) is 8.29. The van der Waals surface area contributed by atoms with Gasteiger partial charge < -0.3 is 25.2 Å². The number of rotatable bonds is 3. The fourth-order valence-corrected chi connectivity index (χ4v) is 0.357. The summed E-state index contributed by atoms with van der Waals surface area (Å²) in [4.78, 5) is 38.3. The molecule has 0 aliphatic rings. The molecule has 0 amide bonds. The highest BCUT2D eigenvalue weighted by Crippen LogP contribution is 1.92. The van der Waals surface area contributed by atoms with Gasteiger partial charge in [-0.25, -0.2) is 9.59 Å². The first kappa shape index (κ1) is 15.2. The van der Waals surface area contributed by atoms with Crippen LogP contribution < -0.4 is 0 Å². The van der Waals surface area contributed by atoms with E-state index in [-0.39, 0.29) is 0 Å².